The highest BCUT2D eigenvalue weighted by Gasteiger charge is 2.41. The molecule has 2 saturated heterocycles. The molecule has 0 aromatic heterocycles. The van der Waals surface area contributed by atoms with Gasteiger partial charge in [-0.25, -0.2) is 0 Å². The lowest BCUT2D eigenvalue weighted by atomic mass is 9.88. The van der Waals surface area contributed by atoms with Crippen LogP contribution in [0.3, 0.4) is 0 Å². The number of rotatable bonds is 4. The zero-order valence-corrected chi connectivity index (χ0v) is 14.4. The lowest BCUT2D eigenvalue weighted by molar-refractivity contribution is -0.130. The maximum atomic E-state index is 11.4. The van der Waals surface area contributed by atoms with Crippen molar-refractivity contribution in [1.82, 2.24) is 15.1 Å². The van der Waals surface area contributed by atoms with Crippen LogP contribution in [-0.2, 0) is 4.79 Å². The maximum Gasteiger partial charge on any atom is 0.219 e. The number of amides is 1. The van der Waals surface area contributed by atoms with Crippen molar-refractivity contribution in [2.75, 3.05) is 19.6 Å². The quantitative estimate of drug-likeness (QED) is 0.838. The molecule has 2 N–H and O–H groups in total. The van der Waals surface area contributed by atoms with Gasteiger partial charge in [0, 0.05) is 32.3 Å². The number of carbonyl (C=O) groups is 1. The highest BCUT2D eigenvalue weighted by atomic mass is 16.2. The molecule has 0 aromatic carbocycles. The lowest BCUT2D eigenvalue weighted by Crippen LogP contribution is -2.41. The topological polar surface area (TPSA) is 59.4 Å². The average Bonchev–Trinajstić information content (AvgIpc) is 2.62. The van der Waals surface area contributed by atoms with Crippen LogP contribution in [0.2, 0.25) is 0 Å². The molecule has 2 rings (SSSR count). The van der Waals surface area contributed by atoms with Gasteiger partial charge in [0.2, 0.25) is 5.91 Å². The van der Waals surface area contributed by atoms with Gasteiger partial charge in [0.1, 0.15) is 0 Å². The van der Waals surface area contributed by atoms with Crippen molar-refractivity contribution in [2.45, 2.75) is 52.5 Å². The molecular formula is C17H30N4O. The van der Waals surface area contributed by atoms with E-state index in [0.717, 1.165) is 44.6 Å². The summed E-state index contributed by atoms with van der Waals surface area (Å²) in [4.78, 5) is 15.4. The van der Waals surface area contributed by atoms with Crippen molar-refractivity contribution in [3.8, 4) is 0 Å². The standard InChI is InChI=1S/C17H30N4O/c1-12(2)10-17(5)13(3)21(16(18)19-17)11-15-6-8-20(9-7-15)14(4)22/h12,15H,3,6-11H2,1-2,4-5H3,(H2,18,19). The fraction of sp³-hybridized carbons (Fsp3) is 0.765. The molecule has 22 heavy (non-hydrogen) atoms. The molecule has 2 heterocycles. The zero-order chi connectivity index (χ0) is 16.5. The minimum atomic E-state index is -0.203. The third kappa shape index (κ3) is 3.45. The first-order valence-corrected chi connectivity index (χ1v) is 8.32. The molecule has 1 amide bonds. The minimum absolute atomic E-state index is 0.169. The zero-order valence-electron chi connectivity index (χ0n) is 14.4. The molecule has 0 aromatic rings. The first-order valence-electron chi connectivity index (χ1n) is 8.32. The van der Waals surface area contributed by atoms with Gasteiger partial charge in [-0.15, -0.1) is 0 Å². The number of nitrogens with one attached hydrogen (secondary N) is 2. The van der Waals surface area contributed by atoms with Gasteiger partial charge in [-0.05, 0) is 38.0 Å². The van der Waals surface area contributed by atoms with Gasteiger partial charge in [0.25, 0.3) is 0 Å². The summed E-state index contributed by atoms with van der Waals surface area (Å²) >= 11 is 0. The molecule has 0 aliphatic carbocycles. The van der Waals surface area contributed by atoms with E-state index < -0.39 is 0 Å². The van der Waals surface area contributed by atoms with Crippen LogP contribution >= 0.6 is 0 Å². The predicted octanol–water partition coefficient (Wildman–Crippen LogP) is 2.40. The lowest BCUT2D eigenvalue weighted by Gasteiger charge is -2.34. The molecule has 5 nitrogen and oxygen atoms in total. The second kappa shape index (κ2) is 6.31. The first-order chi connectivity index (χ1) is 10.2. The number of hydrogen-bond donors (Lipinski definition) is 2. The van der Waals surface area contributed by atoms with E-state index in [9.17, 15) is 4.79 Å². The third-order valence-corrected chi connectivity index (χ3v) is 4.94. The molecule has 1 atom stereocenters. The summed E-state index contributed by atoms with van der Waals surface area (Å²) in [6.45, 7) is 14.9. The molecule has 2 fully saturated rings. The Bertz CT molecular complexity index is 465. The van der Waals surface area contributed by atoms with E-state index in [4.69, 9.17) is 5.41 Å². The van der Waals surface area contributed by atoms with Gasteiger partial charge in [0.05, 0.1) is 5.54 Å². The fourth-order valence-electron chi connectivity index (χ4n) is 3.71. The van der Waals surface area contributed by atoms with Gasteiger partial charge >= 0.3 is 0 Å². The Hall–Kier alpha value is -1.52. The molecular weight excluding hydrogens is 276 g/mol. The minimum Gasteiger partial charge on any atom is -0.345 e. The van der Waals surface area contributed by atoms with Crippen LogP contribution in [0.25, 0.3) is 0 Å². The molecule has 1 unspecified atom stereocenters. The number of hydrogen-bond acceptors (Lipinski definition) is 2. The van der Waals surface area contributed by atoms with Crippen molar-refractivity contribution in [1.29, 1.82) is 5.41 Å². The third-order valence-electron chi connectivity index (χ3n) is 4.94. The van der Waals surface area contributed by atoms with E-state index in [2.05, 4.69) is 32.7 Å². The number of carbonyl (C=O) groups excluding carboxylic acids is 1. The summed E-state index contributed by atoms with van der Waals surface area (Å²) in [5.74, 6) is 1.72. The first kappa shape index (κ1) is 16.8. The number of likely N-dealkylation sites (tertiary alicyclic amines) is 1. The van der Waals surface area contributed by atoms with E-state index in [0.29, 0.717) is 17.8 Å². The Morgan fingerprint density at radius 2 is 2.05 bits per heavy atom. The summed E-state index contributed by atoms with van der Waals surface area (Å²) < 4.78 is 0. The summed E-state index contributed by atoms with van der Waals surface area (Å²) in [6.07, 6.45) is 3.00. The van der Waals surface area contributed by atoms with Crippen LogP contribution in [0, 0.1) is 17.2 Å². The van der Waals surface area contributed by atoms with E-state index in [1.807, 2.05) is 9.80 Å². The maximum absolute atomic E-state index is 11.4. The van der Waals surface area contributed by atoms with E-state index in [-0.39, 0.29) is 11.4 Å². The molecule has 5 heteroatoms. The summed E-state index contributed by atoms with van der Waals surface area (Å²) in [7, 11) is 0. The summed E-state index contributed by atoms with van der Waals surface area (Å²) in [5, 5.41) is 11.6. The molecule has 124 valence electrons. The highest BCUT2D eigenvalue weighted by molar-refractivity contribution is 5.83. The van der Waals surface area contributed by atoms with Crippen LogP contribution in [0.1, 0.15) is 47.0 Å². The Morgan fingerprint density at radius 3 is 2.55 bits per heavy atom. The molecule has 0 radical (unpaired) electrons. The van der Waals surface area contributed by atoms with Crippen LogP contribution in [0.4, 0.5) is 0 Å². The van der Waals surface area contributed by atoms with Crippen molar-refractivity contribution in [3.05, 3.63) is 12.3 Å². The van der Waals surface area contributed by atoms with Crippen molar-refractivity contribution in [3.63, 3.8) is 0 Å². The second-order valence-electron chi connectivity index (χ2n) is 7.41. The smallest absolute Gasteiger partial charge is 0.219 e. The van der Waals surface area contributed by atoms with Gasteiger partial charge in [-0.2, -0.15) is 0 Å². The van der Waals surface area contributed by atoms with Gasteiger partial charge in [-0.3, -0.25) is 10.2 Å². The highest BCUT2D eigenvalue weighted by Crippen LogP contribution is 2.33. The number of guanidine groups is 1. The van der Waals surface area contributed by atoms with Crippen molar-refractivity contribution < 1.29 is 4.79 Å². The SMILES string of the molecule is C=C1N(CC2CCN(C(C)=O)CC2)C(=N)NC1(C)CC(C)C. The van der Waals surface area contributed by atoms with Crippen LogP contribution in [-0.4, -0.2) is 46.8 Å². The van der Waals surface area contributed by atoms with Crippen LogP contribution in [0.5, 0.6) is 0 Å². The predicted molar refractivity (Wildman–Crippen MR) is 89.5 cm³/mol. The molecule has 0 bridgehead atoms. The molecule has 0 saturated carbocycles. The normalized spacial score (nSPS) is 26.8. The van der Waals surface area contributed by atoms with Gasteiger partial charge in [0.15, 0.2) is 5.96 Å². The molecule has 2 aliphatic rings. The Balaban J connectivity index is 1.95. The van der Waals surface area contributed by atoms with Gasteiger partial charge in [-0.1, -0.05) is 20.4 Å². The largest absolute Gasteiger partial charge is 0.345 e. The molecule has 0 spiro atoms. The molecule has 2 aliphatic heterocycles. The Labute approximate surface area is 134 Å². The number of nitrogens with zero attached hydrogens (tertiary/aromatic N) is 2. The van der Waals surface area contributed by atoms with Crippen molar-refractivity contribution in [2.24, 2.45) is 11.8 Å². The summed E-state index contributed by atoms with van der Waals surface area (Å²) in [5.41, 5.74) is 0.811. The van der Waals surface area contributed by atoms with Crippen molar-refractivity contribution >= 4 is 11.9 Å². The van der Waals surface area contributed by atoms with E-state index in [1.54, 1.807) is 6.92 Å². The van der Waals surface area contributed by atoms with E-state index in [1.165, 1.54) is 0 Å². The van der Waals surface area contributed by atoms with E-state index >= 15 is 0 Å². The van der Waals surface area contributed by atoms with Crippen LogP contribution < -0.4 is 5.32 Å². The Morgan fingerprint density at radius 1 is 1.45 bits per heavy atom. The monoisotopic (exact) mass is 306 g/mol. The fourth-order valence-corrected chi connectivity index (χ4v) is 3.71. The van der Waals surface area contributed by atoms with Gasteiger partial charge < -0.3 is 15.1 Å². The van der Waals surface area contributed by atoms with Crippen LogP contribution in [0.15, 0.2) is 12.3 Å². The Kier molecular flexibility index (Phi) is 4.83. The average molecular weight is 306 g/mol. The number of piperidine rings is 1. The second-order valence-corrected chi connectivity index (χ2v) is 7.41. The summed E-state index contributed by atoms with van der Waals surface area (Å²) in [6, 6.07) is 0.